The van der Waals surface area contributed by atoms with Crippen LogP contribution in [0.1, 0.15) is 36.9 Å². The molecule has 0 amide bonds. The minimum Gasteiger partial charge on any atom is -0.394 e. The highest BCUT2D eigenvalue weighted by Crippen LogP contribution is 2.38. The largest absolute Gasteiger partial charge is 0.394 e. The maximum atomic E-state index is 12.8. The lowest BCUT2D eigenvalue weighted by Crippen LogP contribution is -2.49. The molecular formula is C24H29N5O2S. The molecule has 3 aliphatic rings. The van der Waals surface area contributed by atoms with Crippen LogP contribution in [0, 0.1) is 12.3 Å². The number of hydrogen-bond donors (Lipinski definition) is 2. The van der Waals surface area contributed by atoms with Crippen molar-refractivity contribution in [3.63, 3.8) is 0 Å². The van der Waals surface area contributed by atoms with Crippen molar-refractivity contribution in [2.24, 2.45) is 0 Å². The summed E-state index contributed by atoms with van der Waals surface area (Å²) < 4.78 is 12.8. The molecule has 1 saturated heterocycles. The van der Waals surface area contributed by atoms with Gasteiger partial charge in [-0.2, -0.15) is 4.98 Å². The second-order valence-corrected chi connectivity index (χ2v) is 10.4. The van der Waals surface area contributed by atoms with E-state index in [4.69, 9.17) is 16.4 Å². The zero-order chi connectivity index (χ0) is 22.1. The van der Waals surface area contributed by atoms with Gasteiger partial charge < -0.3 is 20.2 Å². The fourth-order valence-electron chi connectivity index (χ4n) is 4.70. The van der Waals surface area contributed by atoms with E-state index < -0.39 is 10.8 Å². The number of terminal acetylenes is 1. The van der Waals surface area contributed by atoms with Gasteiger partial charge in [0.1, 0.15) is 10.7 Å². The summed E-state index contributed by atoms with van der Waals surface area (Å²) in [6.07, 6.45) is 10.1. The third-order valence-corrected chi connectivity index (χ3v) is 8.40. The normalized spacial score (nSPS) is 21.9. The van der Waals surface area contributed by atoms with Gasteiger partial charge in [0, 0.05) is 43.2 Å². The van der Waals surface area contributed by atoms with Gasteiger partial charge in [0.25, 0.3) is 0 Å². The molecule has 8 heteroatoms. The number of nitrogens with zero attached hydrogens (tertiary/aromatic N) is 4. The molecule has 7 nitrogen and oxygen atoms in total. The molecule has 2 aromatic rings. The van der Waals surface area contributed by atoms with Gasteiger partial charge in [0.2, 0.25) is 5.95 Å². The van der Waals surface area contributed by atoms with Crippen molar-refractivity contribution in [2.45, 2.75) is 42.5 Å². The first-order valence-electron chi connectivity index (χ1n) is 11.4. The minimum atomic E-state index is -1.10. The van der Waals surface area contributed by atoms with Gasteiger partial charge in [-0.25, -0.2) is 4.98 Å². The molecule has 1 atom stereocenters. The molecule has 0 radical (unpaired) electrons. The molecular weight excluding hydrogens is 422 g/mol. The highest BCUT2D eigenvalue weighted by atomic mass is 32.2. The summed E-state index contributed by atoms with van der Waals surface area (Å²) in [6, 6.07) is 8.10. The Balaban J connectivity index is 1.37. The fraction of sp³-hybridized carbons (Fsp3) is 0.500. The Morgan fingerprint density at radius 2 is 1.81 bits per heavy atom. The maximum absolute atomic E-state index is 12.8. The minimum absolute atomic E-state index is 0.0604. The van der Waals surface area contributed by atoms with E-state index in [0.29, 0.717) is 17.5 Å². The molecule has 1 aromatic heterocycles. The molecule has 1 unspecified atom stereocenters. The second-order valence-electron chi connectivity index (χ2n) is 8.88. The van der Waals surface area contributed by atoms with Crippen molar-refractivity contribution >= 4 is 28.3 Å². The number of aliphatic hydroxyl groups is 1. The first kappa shape index (κ1) is 21.2. The van der Waals surface area contributed by atoms with Crippen molar-refractivity contribution in [2.75, 3.05) is 53.7 Å². The monoisotopic (exact) mass is 451 g/mol. The molecule has 3 heterocycles. The predicted molar refractivity (Wildman–Crippen MR) is 128 cm³/mol. The highest BCUT2D eigenvalue weighted by molar-refractivity contribution is 7.85. The van der Waals surface area contributed by atoms with Crippen LogP contribution in [0.4, 0.5) is 17.5 Å². The van der Waals surface area contributed by atoms with Gasteiger partial charge in [0.05, 0.1) is 28.6 Å². The number of aryl methyl sites for hydroxylation is 1. The third kappa shape index (κ3) is 3.96. The number of benzene rings is 1. The molecule has 1 saturated carbocycles. The summed E-state index contributed by atoms with van der Waals surface area (Å²) in [4.78, 5) is 15.0. The summed E-state index contributed by atoms with van der Waals surface area (Å²) in [5, 5.41) is 13.4. The van der Waals surface area contributed by atoms with Gasteiger partial charge in [-0.3, -0.25) is 4.21 Å². The average molecular weight is 452 g/mol. The van der Waals surface area contributed by atoms with Crippen molar-refractivity contribution in [3.8, 4) is 12.3 Å². The zero-order valence-corrected chi connectivity index (χ0v) is 19.0. The molecule has 32 heavy (non-hydrogen) atoms. The standard InChI is InChI=1S/C24H29N5O2S/c1-2-18-6-8-19(9-7-18)28-12-14-29(15-13-28)23-25-20-5-3-16-32(31)21(20)22(26-23)27-24(17-30)10-4-11-24/h1,6-9,30H,3-5,10-17H2,(H,25,26,27). The Bertz CT molecular complexity index is 1050. The van der Waals surface area contributed by atoms with Crippen LogP contribution < -0.4 is 15.1 Å². The summed E-state index contributed by atoms with van der Waals surface area (Å²) >= 11 is 0. The first-order valence-corrected chi connectivity index (χ1v) is 12.7. The van der Waals surface area contributed by atoms with Crippen LogP contribution in [0.3, 0.4) is 0 Å². The molecule has 0 bridgehead atoms. The van der Waals surface area contributed by atoms with Crippen LogP contribution in [0.5, 0.6) is 0 Å². The Morgan fingerprint density at radius 1 is 1.09 bits per heavy atom. The summed E-state index contributed by atoms with van der Waals surface area (Å²) in [7, 11) is -1.10. The van der Waals surface area contributed by atoms with E-state index in [9.17, 15) is 9.32 Å². The van der Waals surface area contributed by atoms with Crippen molar-refractivity contribution in [3.05, 3.63) is 35.5 Å². The quantitative estimate of drug-likeness (QED) is 0.674. The number of aromatic nitrogens is 2. The molecule has 2 fully saturated rings. The number of aliphatic hydroxyl groups excluding tert-OH is 1. The van der Waals surface area contributed by atoms with Crippen LogP contribution in [0.2, 0.25) is 0 Å². The maximum Gasteiger partial charge on any atom is 0.227 e. The number of hydrogen-bond acceptors (Lipinski definition) is 7. The SMILES string of the molecule is C#Cc1ccc(N2CCN(c3nc4c(c(NC5(CO)CCC5)n3)S(=O)CCC4)CC2)cc1. The number of fused-ring (bicyclic) bond motifs is 1. The van der Waals surface area contributed by atoms with Crippen LogP contribution in [0.25, 0.3) is 0 Å². The Hall–Kier alpha value is -2.63. The third-order valence-electron chi connectivity index (χ3n) is 6.85. The summed E-state index contributed by atoms with van der Waals surface area (Å²) in [5.41, 5.74) is 2.61. The average Bonchev–Trinajstić information content (AvgIpc) is 2.81. The number of anilines is 3. The van der Waals surface area contributed by atoms with Gasteiger partial charge in [-0.1, -0.05) is 5.92 Å². The summed E-state index contributed by atoms with van der Waals surface area (Å²) in [6.45, 7) is 3.41. The Morgan fingerprint density at radius 3 is 2.44 bits per heavy atom. The summed E-state index contributed by atoms with van der Waals surface area (Å²) in [5.74, 6) is 4.66. The highest BCUT2D eigenvalue weighted by Gasteiger charge is 2.38. The van der Waals surface area contributed by atoms with E-state index >= 15 is 0 Å². The van der Waals surface area contributed by atoms with E-state index in [1.165, 1.54) is 5.69 Å². The van der Waals surface area contributed by atoms with Crippen LogP contribution in [-0.4, -0.2) is 63.4 Å². The zero-order valence-electron chi connectivity index (χ0n) is 18.2. The molecule has 2 aliphatic heterocycles. The number of nitrogens with one attached hydrogen (secondary N) is 1. The molecule has 1 aliphatic carbocycles. The molecule has 2 N–H and O–H groups in total. The van der Waals surface area contributed by atoms with Crippen LogP contribution in [-0.2, 0) is 17.2 Å². The van der Waals surface area contributed by atoms with Crippen molar-refractivity contribution in [1.82, 2.24) is 9.97 Å². The Kier molecular flexibility index (Phi) is 5.78. The van der Waals surface area contributed by atoms with E-state index in [-0.39, 0.29) is 12.1 Å². The lowest BCUT2D eigenvalue weighted by Gasteiger charge is -2.42. The lowest BCUT2D eigenvalue weighted by molar-refractivity contribution is 0.143. The molecule has 1 aromatic carbocycles. The fourth-order valence-corrected chi connectivity index (χ4v) is 6.04. The molecule has 0 spiro atoms. The van der Waals surface area contributed by atoms with Gasteiger partial charge in [0.15, 0.2) is 0 Å². The van der Waals surface area contributed by atoms with Gasteiger partial charge in [-0.05, 0) is 56.4 Å². The number of piperazine rings is 1. The van der Waals surface area contributed by atoms with E-state index in [2.05, 4.69) is 33.2 Å². The van der Waals surface area contributed by atoms with Crippen molar-refractivity contribution in [1.29, 1.82) is 0 Å². The number of rotatable bonds is 5. The predicted octanol–water partition coefficient (Wildman–Crippen LogP) is 2.17. The smallest absolute Gasteiger partial charge is 0.227 e. The Labute approximate surface area is 191 Å². The van der Waals surface area contributed by atoms with E-state index in [1.54, 1.807) is 0 Å². The van der Waals surface area contributed by atoms with Gasteiger partial charge >= 0.3 is 0 Å². The van der Waals surface area contributed by atoms with Crippen LogP contribution >= 0.6 is 0 Å². The molecule has 168 valence electrons. The van der Waals surface area contributed by atoms with Gasteiger partial charge in [-0.15, -0.1) is 6.42 Å². The van der Waals surface area contributed by atoms with E-state index in [1.807, 2.05) is 12.1 Å². The van der Waals surface area contributed by atoms with Crippen molar-refractivity contribution < 1.29 is 9.32 Å². The van der Waals surface area contributed by atoms with E-state index in [0.717, 1.165) is 74.4 Å². The van der Waals surface area contributed by atoms with Crippen LogP contribution in [0.15, 0.2) is 29.2 Å². The molecule has 5 rings (SSSR count). The lowest BCUT2D eigenvalue weighted by atomic mass is 9.77. The first-order chi connectivity index (χ1) is 15.6. The second kappa shape index (κ2) is 8.72. The topological polar surface area (TPSA) is 81.6 Å².